The Morgan fingerprint density at radius 2 is 1.50 bits per heavy atom. The molecule has 0 saturated heterocycles. The molecule has 0 amide bonds. The molecular formula is C18H23NO. The van der Waals surface area contributed by atoms with E-state index in [0.717, 1.165) is 6.54 Å². The van der Waals surface area contributed by atoms with Gasteiger partial charge in [-0.2, -0.15) is 0 Å². The molecule has 0 aliphatic carbocycles. The number of hydrogen-bond acceptors (Lipinski definition) is 2. The van der Waals surface area contributed by atoms with Crippen LogP contribution in [0.5, 0.6) is 0 Å². The predicted molar refractivity (Wildman–Crippen MR) is 84.8 cm³/mol. The predicted octanol–water partition coefficient (Wildman–Crippen LogP) is 4.04. The van der Waals surface area contributed by atoms with E-state index in [1.54, 1.807) is 7.11 Å². The van der Waals surface area contributed by atoms with Crippen LogP contribution in [0.2, 0.25) is 0 Å². The number of rotatable bonds is 6. The lowest BCUT2D eigenvalue weighted by molar-refractivity contribution is 0.115. The highest BCUT2D eigenvalue weighted by atomic mass is 16.5. The van der Waals surface area contributed by atoms with Crippen LogP contribution < -0.4 is 5.32 Å². The van der Waals surface area contributed by atoms with Gasteiger partial charge in [0, 0.05) is 19.7 Å². The molecule has 0 aromatic heterocycles. The van der Waals surface area contributed by atoms with Gasteiger partial charge in [0.1, 0.15) is 0 Å². The molecule has 0 saturated carbocycles. The number of benzene rings is 2. The maximum Gasteiger partial charge on any atom is 0.0667 e. The van der Waals surface area contributed by atoms with Crippen LogP contribution in [0.1, 0.15) is 25.5 Å². The molecule has 20 heavy (non-hydrogen) atoms. The summed E-state index contributed by atoms with van der Waals surface area (Å²) in [5.41, 5.74) is 3.81. The second kappa shape index (κ2) is 7.22. The van der Waals surface area contributed by atoms with Crippen LogP contribution in [0.15, 0.2) is 54.6 Å². The van der Waals surface area contributed by atoms with E-state index in [2.05, 4.69) is 67.7 Å². The SMILES string of the molecule is COC(C)CNC(C)c1ccc(-c2ccccc2)cc1. The largest absolute Gasteiger partial charge is 0.380 e. The Morgan fingerprint density at radius 3 is 2.10 bits per heavy atom. The second-order valence-electron chi connectivity index (χ2n) is 5.16. The van der Waals surface area contributed by atoms with E-state index < -0.39 is 0 Å². The number of ether oxygens (including phenoxy) is 1. The van der Waals surface area contributed by atoms with Gasteiger partial charge in [-0.3, -0.25) is 0 Å². The van der Waals surface area contributed by atoms with Crippen molar-refractivity contribution < 1.29 is 4.74 Å². The fourth-order valence-electron chi connectivity index (χ4n) is 2.14. The Balaban J connectivity index is 2.01. The third kappa shape index (κ3) is 3.92. The van der Waals surface area contributed by atoms with E-state index in [1.165, 1.54) is 16.7 Å². The van der Waals surface area contributed by atoms with Crippen molar-refractivity contribution >= 4 is 0 Å². The molecule has 2 aromatic carbocycles. The van der Waals surface area contributed by atoms with E-state index in [0.29, 0.717) is 6.04 Å². The van der Waals surface area contributed by atoms with Gasteiger partial charge in [0.05, 0.1) is 6.10 Å². The molecule has 0 radical (unpaired) electrons. The van der Waals surface area contributed by atoms with E-state index in [4.69, 9.17) is 4.74 Å². The van der Waals surface area contributed by atoms with Crippen molar-refractivity contribution in [2.45, 2.75) is 26.0 Å². The summed E-state index contributed by atoms with van der Waals surface area (Å²) in [5, 5.41) is 3.48. The van der Waals surface area contributed by atoms with Crippen molar-refractivity contribution in [1.82, 2.24) is 5.32 Å². The van der Waals surface area contributed by atoms with Crippen molar-refractivity contribution in [3.63, 3.8) is 0 Å². The van der Waals surface area contributed by atoms with Gasteiger partial charge in [0.25, 0.3) is 0 Å². The van der Waals surface area contributed by atoms with Crippen LogP contribution >= 0.6 is 0 Å². The zero-order valence-corrected chi connectivity index (χ0v) is 12.5. The van der Waals surface area contributed by atoms with Gasteiger partial charge < -0.3 is 10.1 Å². The summed E-state index contributed by atoms with van der Waals surface area (Å²) in [6, 6.07) is 19.5. The van der Waals surface area contributed by atoms with Crippen molar-refractivity contribution in [2.24, 2.45) is 0 Å². The van der Waals surface area contributed by atoms with E-state index in [-0.39, 0.29) is 6.10 Å². The normalized spacial score (nSPS) is 13.9. The lowest BCUT2D eigenvalue weighted by Gasteiger charge is -2.17. The van der Waals surface area contributed by atoms with Gasteiger partial charge in [-0.25, -0.2) is 0 Å². The fourth-order valence-corrected chi connectivity index (χ4v) is 2.14. The van der Waals surface area contributed by atoms with Crippen LogP contribution in [0.25, 0.3) is 11.1 Å². The summed E-state index contributed by atoms with van der Waals surface area (Å²) >= 11 is 0. The topological polar surface area (TPSA) is 21.3 Å². The van der Waals surface area contributed by atoms with Crippen molar-refractivity contribution in [2.75, 3.05) is 13.7 Å². The average Bonchev–Trinajstić information content (AvgIpc) is 2.53. The lowest BCUT2D eigenvalue weighted by atomic mass is 10.0. The smallest absolute Gasteiger partial charge is 0.0667 e. The van der Waals surface area contributed by atoms with Gasteiger partial charge in [-0.1, -0.05) is 54.6 Å². The van der Waals surface area contributed by atoms with Crippen molar-refractivity contribution in [3.8, 4) is 11.1 Å². The third-order valence-electron chi connectivity index (χ3n) is 3.63. The monoisotopic (exact) mass is 269 g/mol. The zero-order valence-electron chi connectivity index (χ0n) is 12.5. The summed E-state index contributed by atoms with van der Waals surface area (Å²) in [4.78, 5) is 0. The molecule has 2 atom stereocenters. The Morgan fingerprint density at radius 1 is 0.900 bits per heavy atom. The van der Waals surface area contributed by atoms with Gasteiger partial charge in [-0.15, -0.1) is 0 Å². The first-order valence-electron chi connectivity index (χ1n) is 7.12. The number of nitrogens with one attached hydrogen (secondary N) is 1. The summed E-state index contributed by atoms with van der Waals surface area (Å²) < 4.78 is 5.25. The molecule has 0 fully saturated rings. The van der Waals surface area contributed by atoms with Gasteiger partial charge in [-0.05, 0) is 30.5 Å². The highest BCUT2D eigenvalue weighted by molar-refractivity contribution is 5.63. The van der Waals surface area contributed by atoms with Crippen LogP contribution in [-0.4, -0.2) is 19.8 Å². The molecular weight excluding hydrogens is 246 g/mol. The lowest BCUT2D eigenvalue weighted by Crippen LogP contribution is -2.28. The molecule has 2 nitrogen and oxygen atoms in total. The molecule has 0 aliphatic rings. The summed E-state index contributed by atoms with van der Waals surface area (Å²) in [7, 11) is 1.74. The molecule has 0 spiro atoms. The molecule has 106 valence electrons. The minimum absolute atomic E-state index is 0.237. The average molecular weight is 269 g/mol. The number of methoxy groups -OCH3 is 1. The van der Waals surface area contributed by atoms with E-state index in [1.807, 2.05) is 6.07 Å². The Hall–Kier alpha value is -1.64. The highest BCUT2D eigenvalue weighted by Gasteiger charge is 2.07. The molecule has 2 aromatic rings. The first kappa shape index (κ1) is 14.8. The zero-order chi connectivity index (χ0) is 14.4. The first-order chi connectivity index (χ1) is 9.70. The molecule has 2 rings (SSSR count). The van der Waals surface area contributed by atoms with Crippen molar-refractivity contribution in [1.29, 1.82) is 0 Å². The van der Waals surface area contributed by atoms with Gasteiger partial charge >= 0.3 is 0 Å². The van der Waals surface area contributed by atoms with Crippen molar-refractivity contribution in [3.05, 3.63) is 60.2 Å². The van der Waals surface area contributed by atoms with E-state index in [9.17, 15) is 0 Å². The Labute approximate surface area is 121 Å². The molecule has 0 heterocycles. The Kier molecular flexibility index (Phi) is 5.33. The van der Waals surface area contributed by atoms with Gasteiger partial charge in [0.15, 0.2) is 0 Å². The standard InChI is InChI=1S/C18H23NO/c1-14(20-3)13-19-15(2)16-9-11-18(12-10-16)17-7-5-4-6-8-17/h4-12,14-15,19H,13H2,1-3H3. The fraction of sp³-hybridized carbons (Fsp3) is 0.333. The van der Waals surface area contributed by atoms with E-state index >= 15 is 0 Å². The molecule has 0 bridgehead atoms. The summed E-state index contributed by atoms with van der Waals surface area (Å²) in [6.07, 6.45) is 0.237. The third-order valence-corrected chi connectivity index (χ3v) is 3.63. The minimum atomic E-state index is 0.237. The second-order valence-corrected chi connectivity index (χ2v) is 5.16. The maximum atomic E-state index is 5.25. The van der Waals surface area contributed by atoms with Crippen LogP contribution in [0.3, 0.4) is 0 Å². The van der Waals surface area contributed by atoms with Crippen LogP contribution in [0.4, 0.5) is 0 Å². The van der Waals surface area contributed by atoms with Gasteiger partial charge in [0.2, 0.25) is 0 Å². The number of hydrogen-bond donors (Lipinski definition) is 1. The summed E-state index contributed by atoms with van der Waals surface area (Å²) in [6.45, 7) is 5.11. The minimum Gasteiger partial charge on any atom is -0.380 e. The Bertz CT molecular complexity index is 507. The molecule has 2 unspecified atom stereocenters. The maximum absolute atomic E-state index is 5.25. The van der Waals surface area contributed by atoms with Crippen LogP contribution in [-0.2, 0) is 4.74 Å². The highest BCUT2D eigenvalue weighted by Crippen LogP contribution is 2.21. The summed E-state index contributed by atoms with van der Waals surface area (Å²) in [5.74, 6) is 0. The quantitative estimate of drug-likeness (QED) is 0.854. The van der Waals surface area contributed by atoms with Crippen LogP contribution in [0, 0.1) is 0 Å². The molecule has 1 N–H and O–H groups in total. The molecule has 2 heteroatoms. The first-order valence-corrected chi connectivity index (χ1v) is 7.12. The molecule has 0 aliphatic heterocycles.